The van der Waals surface area contributed by atoms with E-state index < -0.39 is 0 Å². The Morgan fingerprint density at radius 1 is 1.21 bits per heavy atom. The molecule has 2 heterocycles. The van der Waals surface area contributed by atoms with Crippen LogP contribution in [-0.4, -0.2) is 42.9 Å². The molecule has 1 atom stereocenters. The standard InChI is InChI=1S/C18H23N3O2S/c1-13(16-10-14-6-2-3-7-15(14)24-16)19-11-17(22)20-12-18(23)21-8-4-5-9-21/h2-3,6-7,10,13,19H,4-5,8-9,11-12H2,1H3,(H,20,22). The van der Waals surface area contributed by atoms with Crippen molar-refractivity contribution in [1.29, 1.82) is 0 Å². The van der Waals surface area contributed by atoms with E-state index in [9.17, 15) is 9.59 Å². The zero-order valence-corrected chi connectivity index (χ0v) is 14.7. The number of thiophene rings is 1. The maximum absolute atomic E-state index is 11.9. The lowest BCUT2D eigenvalue weighted by atomic mass is 10.2. The van der Waals surface area contributed by atoms with E-state index in [4.69, 9.17) is 0 Å². The van der Waals surface area contributed by atoms with Crippen LogP contribution in [0.3, 0.4) is 0 Å². The van der Waals surface area contributed by atoms with E-state index in [1.54, 1.807) is 11.3 Å². The molecule has 128 valence electrons. The molecule has 0 radical (unpaired) electrons. The molecule has 2 aromatic rings. The second-order valence-electron chi connectivity index (χ2n) is 6.15. The number of benzene rings is 1. The smallest absolute Gasteiger partial charge is 0.241 e. The van der Waals surface area contributed by atoms with Crippen LogP contribution in [0.2, 0.25) is 0 Å². The average Bonchev–Trinajstić information content (AvgIpc) is 3.26. The minimum Gasteiger partial charge on any atom is -0.346 e. The van der Waals surface area contributed by atoms with Gasteiger partial charge in [-0.3, -0.25) is 9.59 Å². The van der Waals surface area contributed by atoms with Crippen LogP contribution in [0, 0.1) is 0 Å². The van der Waals surface area contributed by atoms with Gasteiger partial charge in [-0.25, -0.2) is 0 Å². The third-order valence-corrected chi connectivity index (χ3v) is 5.63. The van der Waals surface area contributed by atoms with Crippen LogP contribution in [-0.2, 0) is 9.59 Å². The molecule has 1 unspecified atom stereocenters. The zero-order chi connectivity index (χ0) is 16.9. The molecule has 2 N–H and O–H groups in total. The summed E-state index contributed by atoms with van der Waals surface area (Å²) in [7, 11) is 0. The van der Waals surface area contributed by atoms with Gasteiger partial charge in [-0.15, -0.1) is 11.3 Å². The van der Waals surface area contributed by atoms with E-state index in [-0.39, 0.29) is 30.9 Å². The largest absolute Gasteiger partial charge is 0.346 e. The number of amides is 2. The molecule has 1 aliphatic rings. The van der Waals surface area contributed by atoms with Gasteiger partial charge >= 0.3 is 0 Å². The van der Waals surface area contributed by atoms with Gasteiger partial charge in [-0.05, 0) is 37.3 Å². The van der Waals surface area contributed by atoms with Gasteiger partial charge in [0.2, 0.25) is 11.8 Å². The number of nitrogens with one attached hydrogen (secondary N) is 2. The SMILES string of the molecule is CC(NCC(=O)NCC(=O)N1CCCC1)c1cc2ccccc2s1. The van der Waals surface area contributed by atoms with Crippen LogP contribution < -0.4 is 10.6 Å². The quantitative estimate of drug-likeness (QED) is 0.844. The molecule has 0 spiro atoms. The molecule has 5 nitrogen and oxygen atoms in total. The number of carbonyl (C=O) groups excluding carboxylic acids is 2. The molecule has 6 heteroatoms. The molecule has 0 aliphatic carbocycles. The molecule has 1 saturated heterocycles. The van der Waals surface area contributed by atoms with Crippen molar-refractivity contribution in [3.05, 3.63) is 35.2 Å². The lowest BCUT2D eigenvalue weighted by molar-refractivity contribution is -0.131. The zero-order valence-electron chi connectivity index (χ0n) is 13.9. The van der Waals surface area contributed by atoms with Gasteiger partial charge in [0.15, 0.2) is 0 Å². The molecule has 0 bridgehead atoms. The monoisotopic (exact) mass is 345 g/mol. The summed E-state index contributed by atoms with van der Waals surface area (Å²) in [6.07, 6.45) is 2.13. The number of rotatable bonds is 6. The Morgan fingerprint density at radius 2 is 1.96 bits per heavy atom. The second kappa shape index (κ2) is 7.77. The molecule has 1 aromatic heterocycles. The van der Waals surface area contributed by atoms with Gasteiger partial charge in [-0.2, -0.15) is 0 Å². The van der Waals surface area contributed by atoms with Crippen molar-refractivity contribution in [3.8, 4) is 0 Å². The number of hydrogen-bond acceptors (Lipinski definition) is 4. The Morgan fingerprint density at radius 3 is 2.71 bits per heavy atom. The summed E-state index contributed by atoms with van der Waals surface area (Å²) in [5.41, 5.74) is 0. The van der Waals surface area contributed by atoms with E-state index in [1.165, 1.54) is 15.0 Å². The number of carbonyl (C=O) groups is 2. The minimum atomic E-state index is -0.143. The fourth-order valence-corrected chi connectivity index (χ4v) is 3.97. The maximum Gasteiger partial charge on any atom is 0.241 e. The summed E-state index contributed by atoms with van der Waals surface area (Å²) in [6.45, 7) is 3.99. The minimum absolute atomic E-state index is 0.0124. The molecule has 3 rings (SSSR count). The molecular weight excluding hydrogens is 322 g/mol. The Hall–Kier alpha value is -1.92. The van der Waals surface area contributed by atoms with E-state index in [1.807, 2.05) is 24.0 Å². The van der Waals surface area contributed by atoms with Gasteiger partial charge < -0.3 is 15.5 Å². The Kier molecular flexibility index (Phi) is 5.48. The number of hydrogen-bond donors (Lipinski definition) is 2. The summed E-state index contributed by atoms with van der Waals surface area (Å²) in [5, 5.41) is 7.16. The highest BCUT2D eigenvalue weighted by Crippen LogP contribution is 2.29. The lowest BCUT2D eigenvalue weighted by Crippen LogP contribution is -2.42. The summed E-state index contributed by atoms with van der Waals surface area (Å²) in [4.78, 5) is 26.8. The first-order valence-corrected chi connectivity index (χ1v) is 9.21. The van der Waals surface area contributed by atoms with Crippen LogP contribution in [0.15, 0.2) is 30.3 Å². The van der Waals surface area contributed by atoms with E-state index in [0.29, 0.717) is 0 Å². The molecular formula is C18H23N3O2S. The summed E-state index contributed by atoms with van der Waals surface area (Å²) in [6, 6.07) is 10.5. The summed E-state index contributed by atoms with van der Waals surface area (Å²) >= 11 is 1.74. The van der Waals surface area contributed by atoms with Crippen molar-refractivity contribution in [2.24, 2.45) is 0 Å². The van der Waals surface area contributed by atoms with Gasteiger partial charge in [0.05, 0.1) is 13.1 Å². The van der Waals surface area contributed by atoms with Crippen molar-refractivity contribution < 1.29 is 9.59 Å². The van der Waals surface area contributed by atoms with Crippen molar-refractivity contribution in [2.75, 3.05) is 26.2 Å². The number of nitrogens with zero attached hydrogens (tertiary/aromatic N) is 1. The lowest BCUT2D eigenvalue weighted by Gasteiger charge is -2.16. The maximum atomic E-state index is 11.9. The fourth-order valence-electron chi connectivity index (χ4n) is 2.88. The molecule has 1 fully saturated rings. The molecule has 1 aromatic carbocycles. The van der Waals surface area contributed by atoms with Crippen LogP contribution in [0.4, 0.5) is 0 Å². The first kappa shape index (κ1) is 16.9. The van der Waals surface area contributed by atoms with Gasteiger partial charge in [-0.1, -0.05) is 18.2 Å². The number of fused-ring (bicyclic) bond motifs is 1. The number of likely N-dealkylation sites (tertiary alicyclic amines) is 1. The average molecular weight is 345 g/mol. The normalized spacial score (nSPS) is 15.6. The first-order valence-electron chi connectivity index (χ1n) is 8.40. The topological polar surface area (TPSA) is 61.4 Å². The highest BCUT2D eigenvalue weighted by molar-refractivity contribution is 7.19. The van der Waals surface area contributed by atoms with Crippen LogP contribution in [0.1, 0.15) is 30.7 Å². The van der Waals surface area contributed by atoms with Crippen LogP contribution in [0.5, 0.6) is 0 Å². The summed E-state index contributed by atoms with van der Waals surface area (Å²) < 4.78 is 1.25. The Balaban J connectivity index is 1.44. The van der Waals surface area contributed by atoms with Crippen LogP contribution in [0.25, 0.3) is 10.1 Å². The van der Waals surface area contributed by atoms with Crippen molar-refractivity contribution in [2.45, 2.75) is 25.8 Å². The summed E-state index contributed by atoms with van der Waals surface area (Å²) in [5.74, 6) is -0.131. The first-order chi connectivity index (χ1) is 11.6. The van der Waals surface area contributed by atoms with E-state index >= 15 is 0 Å². The predicted molar refractivity (Wildman–Crippen MR) is 97.1 cm³/mol. The predicted octanol–water partition coefficient (Wildman–Crippen LogP) is 2.29. The third-order valence-electron chi connectivity index (χ3n) is 4.34. The van der Waals surface area contributed by atoms with Crippen molar-refractivity contribution in [3.63, 3.8) is 0 Å². The fraction of sp³-hybridized carbons (Fsp3) is 0.444. The van der Waals surface area contributed by atoms with E-state index in [0.717, 1.165) is 25.9 Å². The van der Waals surface area contributed by atoms with Crippen LogP contribution >= 0.6 is 11.3 Å². The van der Waals surface area contributed by atoms with Crippen molar-refractivity contribution >= 4 is 33.2 Å². The van der Waals surface area contributed by atoms with Gasteiger partial charge in [0.1, 0.15) is 0 Å². The highest BCUT2D eigenvalue weighted by atomic mass is 32.1. The van der Waals surface area contributed by atoms with E-state index in [2.05, 4.69) is 28.8 Å². The third kappa shape index (κ3) is 4.13. The Bertz CT molecular complexity index is 689. The molecule has 24 heavy (non-hydrogen) atoms. The van der Waals surface area contributed by atoms with Gasteiger partial charge in [0.25, 0.3) is 0 Å². The highest BCUT2D eigenvalue weighted by Gasteiger charge is 2.18. The van der Waals surface area contributed by atoms with Gasteiger partial charge in [0, 0.05) is 28.7 Å². The molecule has 1 aliphatic heterocycles. The molecule has 2 amide bonds. The molecule has 0 saturated carbocycles. The Labute approximate surface area is 146 Å². The van der Waals surface area contributed by atoms with Crippen molar-refractivity contribution in [1.82, 2.24) is 15.5 Å². The second-order valence-corrected chi connectivity index (χ2v) is 7.27.